The van der Waals surface area contributed by atoms with E-state index in [1.54, 1.807) is 10.7 Å². The van der Waals surface area contributed by atoms with Gasteiger partial charge < -0.3 is 4.98 Å². The van der Waals surface area contributed by atoms with E-state index in [0.29, 0.717) is 20.7 Å². The molecule has 0 aliphatic heterocycles. The molecule has 4 aromatic rings. The molecule has 0 saturated heterocycles. The number of benzene rings is 2. The van der Waals surface area contributed by atoms with Gasteiger partial charge in [-0.1, -0.05) is 53.4 Å². The molecule has 5 nitrogen and oxygen atoms in total. The smallest absolute Gasteiger partial charge is 0.258 e. The highest BCUT2D eigenvalue weighted by molar-refractivity contribution is 8.01. The Hall–Kier alpha value is -2.29. The van der Waals surface area contributed by atoms with Crippen LogP contribution in [0.15, 0.2) is 63.7 Å². The molecule has 0 radical (unpaired) electrons. The number of nitrogens with zero attached hydrogens (tertiary/aromatic N) is 3. The summed E-state index contributed by atoms with van der Waals surface area (Å²) < 4.78 is 3.28. The SMILES string of the molecule is CC(Sc1nn(-c2ccccc2)c(=S)s1)c1nc2ccccc2c(=O)[nH]1. The van der Waals surface area contributed by atoms with Gasteiger partial charge in [0.25, 0.3) is 5.56 Å². The number of fused-ring (bicyclic) bond motifs is 1. The first-order chi connectivity index (χ1) is 12.6. The summed E-state index contributed by atoms with van der Waals surface area (Å²) in [6, 6.07) is 17.1. The molecule has 0 amide bonds. The molecule has 0 bridgehead atoms. The summed E-state index contributed by atoms with van der Waals surface area (Å²) in [5.74, 6) is 0.631. The van der Waals surface area contributed by atoms with Gasteiger partial charge in [-0.05, 0) is 43.4 Å². The summed E-state index contributed by atoms with van der Waals surface area (Å²) in [6.45, 7) is 2.00. The topological polar surface area (TPSA) is 63.6 Å². The van der Waals surface area contributed by atoms with Gasteiger partial charge in [0.05, 0.1) is 21.8 Å². The van der Waals surface area contributed by atoms with E-state index >= 15 is 0 Å². The fourth-order valence-corrected chi connectivity index (χ4v) is 5.11. The summed E-state index contributed by atoms with van der Waals surface area (Å²) in [6.07, 6.45) is 0. The Morgan fingerprint density at radius 1 is 1.15 bits per heavy atom. The van der Waals surface area contributed by atoms with Gasteiger partial charge in [0.2, 0.25) is 0 Å². The third-order valence-corrected chi connectivity index (χ3v) is 6.25. The summed E-state index contributed by atoms with van der Waals surface area (Å²) >= 11 is 8.42. The zero-order chi connectivity index (χ0) is 18.1. The van der Waals surface area contributed by atoms with Crippen molar-refractivity contribution < 1.29 is 0 Å². The first kappa shape index (κ1) is 17.1. The van der Waals surface area contributed by atoms with Crippen molar-refractivity contribution >= 4 is 46.2 Å². The van der Waals surface area contributed by atoms with Gasteiger partial charge in [-0.2, -0.15) is 0 Å². The predicted octanol–water partition coefficient (Wildman–Crippen LogP) is 4.75. The molecule has 2 aromatic heterocycles. The van der Waals surface area contributed by atoms with Crippen molar-refractivity contribution in [1.29, 1.82) is 0 Å². The van der Waals surface area contributed by atoms with E-state index in [9.17, 15) is 4.79 Å². The zero-order valence-corrected chi connectivity index (χ0v) is 16.2. The van der Waals surface area contributed by atoms with Gasteiger partial charge in [0.1, 0.15) is 5.82 Å². The average molecular weight is 399 g/mol. The monoisotopic (exact) mass is 398 g/mol. The number of rotatable bonds is 4. The van der Waals surface area contributed by atoms with Crippen LogP contribution in [0.5, 0.6) is 0 Å². The molecule has 8 heteroatoms. The molecule has 130 valence electrons. The average Bonchev–Trinajstić information content (AvgIpc) is 3.02. The van der Waals surface area contributed by atoms with Crippen molar-refractivity contribution in [3.8, 4) is 5.69 Å². The molecule has 0 fully saturated rings. The van der Waals surface area contributed by atoms with Crippen LogP contribution in [0.1, 0.15) is 18.0 Å². The number of H-pyrrole nitrogens is 1. The quantitative estimate of drug-likeness (QED) is 0.397. The first-order valence-electron chi connectivity index (χ1n) is 7.93. The number of thioether (sulfide) groups is 1. The molecule has 0 saturated carbocycles. The van der Waals surface area contributed by atoms with Crippen LogP contribution in [-0.2, 0) is 0 Å². The maximum Gasteiger partial charge on any atom is 0.258 e. The van der Waals surface area contributed by atoms with Gasteiger partial charge in [0.15, 0.2) is 8.29 Å². The van der Waals surface area contributed by atoms with E-state index in [1.165, 1.54) is 23.1 Å². The predicted molar refractivity (Wildman–Crippen MR) is 109 cm³/mol. The number of nitrogens with one attached hydrogen (secondary N) is 1. The third kappa shape index (κ3) is 3.35. The highest BCUT2D eigenvalue weighted by Gasteiger charge is 2.15. The Kier molecular flexibility index (Phi) is 4.71. The second-order valence-electron chi connectivity index (χ2n) is 5.61. The molecule has 1 unspecified atom stereocenters. The fraction of sp³-hybridized carbons (Fsp3) is 0.111. The van der Waals surface area contributed by atoms with Gasteiger partial charge in [0, 0.05) is 0 Å². The van der Waals surface area contributed by atoms with E-state index in [0.717, 1.165) is 10.0 Å². The standard InChI is InChI=1S/C18H14N4OS3/c1-11(15-19-14-10-6-5-9-13(14)16(23)20-15)25-17-21-22(18(24)26-17)12-7-3-2-4-8-12/h2-11H,1H3,(H,19,20,23). The molecule has 2 heterocycles. The molecule has 1 atom stereocenters. The van der Waals surface area contributed by atoms with Crippen LogP contribution in [0.25, 0.3) is 16.6 Å². The molecule has 0 spiro atoms. The Labute approximate surface area is 162 Å². The second kappa shape index (κ2) is 7.14. The van der Waals surface area contributed by atoms with Crippen molar-refractivity contribution in [3.05, 3.63) is 74.7 Å². The second-order valence-corrected chi connectivity index (χ2v) is 8.82. The van der Waals surface area contributed by atoms with E-state index in [-0.39, 0.29) is 10.8 Å². The summed E-state index contributed by atoms with van der Waals surface area (Å²) in [4.78, 5) is 19.7. The fourth-order valence-electron chi connectivity index (χ4n) is 2.54. The number of para-hydroxylation sites is 2. The lowest BCUT2D eigenvalue weighted by Gasteiger charge is -2.09. The third-order valence-electron chi connectivity index (χ3n) is 3.82. The highest BCUT2D eigenvalue weighted by atomic mass is 32.2. The van der Waals surface area contributed by atoms with E-state index in [4.69, 9.17) is 12.2 Å². The van der Waals surface area contributed by atoms with E-state index < -0.39 is 0 Å². The molecule has 26 heavy (non-hydrogen) atoms. The molecule has 0 aliphatic rings. The number of hydrogen-bond acceptors (Lipinski definition) is 6. The molecular formula is C18H14N4OS3. The Morgan fingerprint density at radius 3 is 2.69 bits per heavy atom. The number of hydrogen-bond donors (Lipinski definition) is 1. The van der Waals surface area contributed by atoms with Crippen LogP contribution in [0.3, 0.4) is 0 Å². The van der Waals surface area contributed by atoms with Crippen LogP contribution in [0, 0.1) is 3.95 Å². The van der Waals surface area contributed by atoms with Crippen molar-refractivity contribution in [2.24, 2.45) is 0 Å². The Morgan fingerprint density at radius 2 is 1.88 bits per heavy atom. The first-order valence-corrected chi connectivity index (χ1v) is 10.0. The maximum atomic E-state index is 12.3. The van der Waals surface area contributed by atoms with E-state index in [1.807, 2.05) is 55.5 Å². The van der Waals surface area contributed by atoms with Crippen molar-refractivity contribution in [3.63, 3.8) is 0 Å². The summed E-state index contributed by atoms with van der Waals surface area (Å²) in [7, 11) is 0. The van der Waals surface area contributed by atoms with E-state index in [2.05, 4.69) is 15.1 Å². The minimum absolute atomic E-state index is 0.0583. The molecule has 1 N–H and O–H groups in total. The lowest BCUT2D eigenvalue weighted by Crippen LogP contribution is -2.12. The van der Waals surface area contributed by atoms with Crippen LogP contribution in [0.4, 0.5) is 0 Å². The highest BCUT2D eigenvalue weighted by Crippen LogP contribution is 2.35. The van der Waals surface area contributed by atoms with Crippen molar-refractivity contribution in [2.75, 3.05) is 0 Å². The molecular weight excluding hydrogens is 384 g/mol. The van der Waals surface area contributed by atoms with Gasteiger partial charge >= 0.3 is 0 Å². The minimum Gasteiger partial charge on any atom is -0.309 e. The molecule has 4 rings (SSSR count). The van der Waals surface area contributed by atoms with Crippen LogP contribution in [0.2, 0.25) is 0 Å². The lowest BCUT2D eigenvalue weighted by atomic mass is 10.2. The number of aromatic amines is 1. The van der Waals surface area contributed by atoms with Gasteiger partial charge in [-0.15, -0.1) is 5.10 Å². The molecule has 0 aliphatic carbocycles. The Balaban J connectivity index is 1.64. The summed E-state index contributed by atoms with van der Waals surface area (Å²) in [5, 5.41) is 5.14. The summed E-state index contributed by atoms with van der Waals surface area (Å²) in [5.41, 5.74) is 1.51. The van der Waals surface area contributed by atoms with Gasteiger partial charge in [-0.25, -0.2) is 9.67 Å². The lowest BCUT2D eigenvalue weighted by molar-refractivity contribution is 0.825. The largest absolute Gasteiger partial charge is 0.309 e. The number of aromatic nitrogens is 4. The molecule has 2 aromatic carbocycles. The van der Waals surface area contributed by atoms with Crippen LogP contribution < -0.4 is 5.56 Å². The van der Waals surface area contributed by atoms with Crippen molar-refractivity contribution in [1.82, 2.24) is 19.7 Å². The van der Waals surface area contributed by atoms with Crippen LogP contribution >= 0.6 is 35.3 Å². The van der Waals surface area contributed by atoms with Crippen LogP contribution in [-0.4, -0.2) is 19.7 Å². The Bertz CT molecular complexity index is 1180. The normalized spacial score (nSPS) is 12.3. The van der Waals surface area contributed by atoms with Gasteiger partial charge in [-0.3, -0.25) is 4.79 Å². The minimum atomic E-state index is -0.125. The maximum absolute atomic E-state index is 12.3. The zero-order valence-electron chi connectivity index (χ0n) is 13.7. The van der Waals surface area contributed by atoms with Crippen molar-refractivity contribution in [2.45, 2.75) is 16.5 Å².